The molecule has 0 N–H and O–H groups in total. The second-order valence-electron chi connectivity index (χ2n) is 16.9. The molecule has 0 saturated carbocycles. The quantitative estimate of drug-likeness (QED) is 0.167. The van der Waals surface area contributed by atoms with Gasteiger partial charge in [-0.3, -0.25) is 0 Å². The van der Waals surface area contributed by atoms with E-state index in [1.54, 1.807) is 0 Å². The number of aromatic nitrogens is 2. The zero-order chi connectivity index (χ0) is 41.4. The molecule has 0 unspecified atom stereocenters. The normalized spacial score (nSPS) is 12.8. The molecule has 62 heavy (non-hydrogen) atoms. The predicted octanol–water partition coefficient (Wildman–Crippen LogP) is 16.3. The van der Waals surface area contributed by atoms with Gasteiger partial charge in [0.1, 0.15) is 0 Å². The van der Waals surface area contributed by atoms with Gasteiger partial charge in [0.2, 0.25) is 0 Å². The van der Waals surface area contributed by atoms with Crippen LogP contribution in [0.5, 0.6) is 0 Å². The first-order valence-corrected chi connectivity index (χ1v) is 22.1. The van der Waals surface area contributed by atoms with E-state index < -0.39 is 0 Å². The maximum absolute atomic E-state index is 5.42. The molecule has 0 saturated heterocycles. The van der Waals surface area contributed by atoms with Crippen molar-refractivity contribution in [3.8, 4) is 78.4 Å². The molecule has 0 bridgehead atoms. The van der Waals surface area contributed by atoms with Crippen LogP contribution in [-0.4, -0.2) is 9.97 Å². The zero-order valence-electron chi connectivity index (χ0n) is 34.4. The molecule has 0 radical (unpaired) electrons. The summed E-state index contributed by atoms with van der Waals surface area (Å²) in [6.07, 6.45) is 0. The molecule has 12 rings (SSSR count). The minimum atomic E-state index is -0.104. The minimum Gasteiger partial charge on any atom is -0.228 e. The van der Waals surface area contributed by atoms with Crippen molar-refractivity contribution >= 4 is 42.3 Å². The van der Waals surface area contributed by atoms with Gasteiger partial charge in [-0.15, -0.1) is 11.3 Å². The number of hydrogen-bond donors (Lipinski definition) is 0. The summed E-state index contributed by atoms with van der Waals surface area (Å²) < 4.78 is 2.58. The van der Waals surface area contributed by atoms with Crippen LogP contribution >= 0.6 is 11.3 Å². The Balaban J connectivity index is 1.10. The van der Waals surface area contributed by atoms with E-state index in [0.29, 0.717) is 5.82 Å². The molecule has 2 aromatic heterocycles. The van der Waals surface area contributed by atoms with E-state index in [1.807, 2.05) is 17.4 Å². The van der Waals surface area contributed by atoms with Gasteiger partial charge in [-0.2, -0.15) is 0 Å². The number of fused-ring (bicyclic) bond motifs is 7. The Hall–Kier alpha value is -7.46. The number of hydrogen-bond acceptors (Lipinski definition) is 3. The topological polar surface area (TPSA) is 25.8 Å². The Morgan fingerprint density at radius 2 is 1.00 bits per heavy atom. The highest BCUT2D eigenvalue weighted by Crippen LogP contribution is 2.53. The van der Waals surface area contributed by atoms with Crippen LogP contribution in [-0.2, 0) is 5.41 Å². The molecule has 0 aliphatic heterocycles. The summed E-state index contributed by atoms with van der Waals surface area (Å²) in [5.41, 5.74) is 17.1. The minimum absolute atomic E-state index is 0.104. The SMILES string of the molecule is CC1(C)c2ccccc2-c2c(-c3ccccc3-c3cc(-c4cc(-c5ccc6ccccc6c5)cc(-c5cccc6c5sc5ccccc56)c4)nc(-c4ccccc4)n3)cccc21. The molecule has 3 heteroatoms. The molecule has 9 aromatic carbocycles. The van der Waals surface area contributed by atoms with Crippen molar-refractivity contribution in [1.29, 1.82) is 0 Å². The lowest BCUT2D eigenvalue weighted by Crippen LogP contribution is -2.14. The zero-order valence-corrected chi connectivity index (χ0v) is 35.2. The summed E-state index contributed by atoms with van der Waals surface area (Å²) in [6, 6.07) is 74.9. The van der Waals surface area contributed by atoms with E-state index >= 15 is 0 Å². The summed E-state index contributed by atoms with van der Waals surface area (Å²) >= 11 is 1.87. The first-order chi connectivity index (χ1) is 30.5. The van der Waals surface area contributed by atoms with Crippen LogP contribution in [0.25, 0.3) is 109 Å². The van der Waals surface area contributed by atoms with Gasteiger partial charge in [0.05, 0.1) is 11.4 Å². The lowest BCUT2D eigenvalue weighted by atomic mass is 9.81. The molecule has 0 spiro atoms. The van der Waals surface area contributed by atoms with Crippen molar-refractivity contribution in [3.63, 3.8) is 0 Å². The molecular weight excluding hydrogens is 769 g/mol. The van der Waals surface area contributed by atoms with Crippen molar-refractivity contribution < 1.29 is 0 Å². The third kappa shape index (κ3) is 5.92. The smallest absolute Gasteiger partial charge is 0.160 e. The lowest BCUT2D eigenvalue weighted by Gasteiger charge is -2.22. The molecule has 1 aliphatic carbocycles. The summed E-state index contributed by atoms with van der Waals surface area (Å²) in [5.74, 6) is 0.696. The summed E-state index contributed by atoms with van der Waals surface area (Å²) in [7, 11) is 0. The molecule has 2 nitrogen and oxygen atoms in total. The summed E-state index contributed by atoms with van der Waals surface area (Å²) in [6.45, 7) is 4.69. The Bertz CT molecular complexity index is 3560. The average Bonchev–Trinajstić information content (AvgIpc) is 3.83. The first kappa shape index (κ1) is 36.4. The van der Waals surface area contributed by atoms with Crippen molar-refractivity contribution in [2.75, 3.05) is 0 Å². The van der Waals surface area contributed by atoms with E-state index in [9.17, 15) is 0 Å². The van der Waals surface area contributed by atoms with Crippen LogP contribution in [0, 0.1) is 0 Å². The molecule has 0 fully saturated rings. The summed E-state index contributed by atoms with van der Waals surface area (Å²) in [4.78, 5) is 10.8. The van der Waals surface area contributed by atoms with Gasteiger partial charge in [0.15, 0.2) is 5.82 Å². The van der Waals surface area contributed by atoms with Crippen LogP contribution in [0.15, 0.2) is 206 Å². The van der Waals surface area contributed by atoms with Crippen LogP contribution in [0.4, 0.5) is 0 Å². The van der Waals surface area contributed by atoms with E-state index in [-0.39, 0.29) is 5.41 Å². The number of thiophene rings is 1. The maximum Gasteiger partial charge on any atom is 0.160 e. The van der Waals surface area contributed by atoms with E-state index in [1.165, 1.54) is 69.9 Å². The van der Waals surface area contributed by atoms with E-state index in [0.717, 1.165) is 44.8 Å². The van der Waals surface area contributed by atoms with Crippen LogP contribution < -0.4 is 0 Å². The molecule has 2 heterocycles. The van der Waals surface area contributed by atoms with Crippen molar-refractivity contribution in [3.05, 3.63) is 217 Å². The number of rotatable bonds is 6. The van der Waals surface area contributed by atoms with Gasteiger partial charge >= 0.3 is 0 Å². The van der Waals surface area contributed by atoms with Crippen LogP contribution in [0.1, 0.15) is 25.0 Å². The highest BCUT2D eigenvalue weighted by atomic mass is 32.1. The van der Waals surface area contributed by atoms with Crippen LogP contribution in [0.2, 0.25) is 0 Å². The second kappa shape index (κ2) is 14.3. The predicted molar refractivity (Wildman–Crippen MR) is 263 cm³/mol. The third-order valence-electron chi connectivity index (χ3n) is 12.9. The van der Waals surface area contributed by atoms with Gasteiger partial charge < -0.3 is 0 Å². The lowest BCUT2D eigenvalue weighted by molar-refractivity contribution is 0.660. The largest absolute Gasteiger partial charge is 0.228 e. The van der Waals surface area contributed by atoms with Gasteiger partial charge in [-0.05, 0) is 103 Å². The highest BCUT2D eigenvalue weighted by Gasteiger charge is 2.36. The van der Waals surface area contributed by atoms with Gasteiger partial charge in [-0.1, -0.05) is 184 Å². The fourth-order valence-corrected chi connectivity index (χ4v) is 11.0. The number of nitrogens with zero attached hydrogens (tertiary/aromatic N) is 2. The Morgan fingerprint density at radius 3 is 1.89 bits per heavy atom. The molecule has 0 amide bonds. The fraction of sp³-hybridized carbons (Fsp3) is 0.0508. The molecule has 292 valence electrons. The molecule has 11 aromatic rings. The molecular formula is C59H40N2S. The van der Waals surface area contributed by atoms with Crippen LogP contribution in [0.3, 0.4) is 0 Å². The van der Waals surface area contributed by atoms with Crippen molar-refractivity contribution in [1.82, 2.24) is 9.97 Å². The monoisotopic (exact) mass is 808 g/mol. The van der Waals surface area contributed by atoms with Gasteiger partial charge in [0.25, 0.3) is 0 Å². The highest BCUT2D eigenvalue weighted by molar-refractivity contribution is 7.26. The third-order valence-corrected chi connectivity index (χ3v) is 14.1. The first-order valence-electron chi connectivity index (χ1n) is 21.3. The average molecular weight is 809 g/mol. The standard InChI is InChI=1S/C59H40N2S/c1-59(2)51-27-12-10-23-50(51)56-48(25-15-28-52(56)59)45-20-8-9-21-46(45)54-36-53(60-58(61-54)38-17-4-3-5-18-38)43-34-41(40-31-30-37-16-6-7-19-39(37)32-40)33-42(35-43)44-24-14-26-49-47-22-11-13-29-55(47)62-57(44)49/h3-36H,1-2H3. The van der Waals surface area contributed by atoms with E-state index in [4.69, 9.17) is 9.97 Å². The van der Waals surface area contributed by atoms with Crippen molar-refractivity contribution in [2.45, 2.75) is 19.3 Å². The van der Waals surface area contributed by atoms with E-state index in [2.05, 4.69) is 214 Å². The fourth-order valence-electron chi connectivity index (χ4n) is 9.81. The Morgan fingerprint density at radius 1 is 0.371 bits per heavy atom. The second-order valence-corrected chi connectivity index (χ2v) is 18.0. The Labute approximate surface area is 365 Å². The molecule has 0 atom stereocenters. The maximum atomic E-state index is 5.42. The van der Waals surface area contributed by atoms with Gasteiger partial charge in [-0.25, -0.2) is 9.97 Å². The molecule has 1 aliphatic rings. The number of benzene rings is 9. The van der Waals surface area contributed by atoms with Gasteiger partial charge in [0, 0.05) is 42.3 Å². The van der Waals surface area contributed by atoms with Crippen molar-refractivity contribution in [2.24, 2.45) is 0 Å². The summed E-state index contributed by atoms with van der Waals surface area (Å²) in [5, 5.41) is 5.02. The Kier molecular flexibility index (Phi) is 8.41.